The van der Waals surface area contributed by atoms with E-state index < -0.39 is 0 Å². The van der Waals surface area contributed by atoms with Crippen LogP contribution in [0.25, 0.3) is 0 Å². The molecule has 0 unspecified atom stereocenters. The summed E-state index contributed by atoms with van der Waals surface area (Å²) in [7, 11) is 0. The van der Waals surface area contributed by atoms with Gasteiger partial charge in [-0.3, -0.25) is 0 Å². The second kappa shape index (κ2) is 3.82. The van der Waals surface area contributed by atoms with Gasteiger partial charge in [0.25, 0.3) is 0 Å². The zero-order valence-electron chi connectivity index (χ0n) is 5.57. The highest BCUT2D eigenvalue weighted by atomic mass is 127. The molecule has 2 N–H and O–H groups in total. The summed E-state index contributed by atoms with van der Waals surface area (Å²) < 4.78 is 14.6. The van der Waals surface area contributed by atoms with Gasteiger partial charge >= 0.3 is 0 Å². The van der Waals surface area contributed by atoms with Crippen LogP contribution in [-0.4, -0.2) is 0 Å². The smallest absolute Gasteiger partial charge is 0.129 e. The minimum absolute atomic E-state index is 0.244. The first-order valence-electron chi connectivity index (χ1n) is 2.98. The van der Waals surface area contributed by atoms with Crippen molar-refractivity contribution in [2.24, 2.45) is 5.73 Å². The molecule has 1 aromatic rings. The normalized spacial score (nSPS) is 10.2. The Morgan fingerprint density at radius 2 is 2.18 bits per heavy atom. The van der Waals surface area contributed by atoms with Gasteiger partial charge in [-0.1, -0.05) is 15.9 Å². The molecule has 60 valence electrons. The third-order valence-electron chi connectivity index (χ3n) is 1.31. The van der Waals surface area contributed by atoms with Crippen molar-refractivity contribution in [3.63, 3.8) is 0 Å². The lowest BCUT2D eigenvalue weighted by Gasteiger charge is -2.02. The van der Waals surface area contributed by atoms with Gasteiger partial charge in [-0.25, -0.2) is 4.39 Å². The van der Waals surface area contributed by atoms with Crippen LogP contribution in [0.3, 0.4) is 0 Å². The van der Waals surface area contributed by atoms with E-state index in [0.717, 1.165) is 8.04 Å². The fraction of sp³-hybridized carbons (Fsp3) is 0.143. The van der Waals surface area contributed by atoms with Crippen LogP contribution >= 0.6 is 38.5 Å². The van der Waals surface area contributed by atoms with Gasteiger partial charge in [-0.15, -0.1) is 0 Å². The van der Waals surface area contributed by atoms with E-state index in [1.807, 2.05) is 6.07 Å². The molecule has 0 spiro atoms. The van der Waals surface area contributed by atoms with Gasteiger partial charge in [0.1, 0.15) is 5.82 Å². The molecule has 0 saturated carbocycles. The van der Waals surface area contributed by atoms with E-state index in [1.165, 1.54) is 6.07 Å². The molecule has 0 aromatic heterocycles. The summed E-state index contributed by atoms with van der Waals surface area (Å²) in [6.45, 7) is 0.247. The van der Waals surface area contributed by atoms with Gasteiger partial charge in [0.2, 0.25) is 0 Å². The highest BCUT2D eigenvalue weighted by molar-refractivity contribution is 14.1. The number of rotatable bonds is 1. The van der Waals surface area contributed by atoms with Crippen molar-refractivity contribution in [2.75, 3.05) is 0 Å². The van der Waals surface area contributed by atoms with E-state index in [1.54, 1.807) is 0 Å². The lowest BCUT2D eigenvalue weighted by Crippen LogP contribution is -2.02. The van der Waals surface area contributed by atoms with Crippen molar-refractivity contribution in [3.05, 3.63) is 31.6 Å². The van der Waals surface area contributed by atoms with Crippen LogP contribution in [-0.2, 0) is 6.54 Å². The molecule has 0 aliphatic rings. The van der Waals surface area contributed by atoms with Crippen LogP contribution in [0.1, 0.15) is 5.56 Å². The Balaban J connectivity index is 3.25. The summed E-state index contributed by atoms with van der Waals surface area (Å²) in [5, 5.41) is 0. The highest BCUT2D eigenvalue weighted by Gasteiger charge is 2.05. The zero-order valence-corrected chi connectivity index (χ0v) is 9.32. The SMILES string of the molecule is NCc1c(F)cc(Br)cc1I. The summed E-state index contributed by atoms with van der Waals surface area (Å²) in [5.74, 6) is -0.244. The van der Waals surface area contributed by atoms with E-state index in [-0.39, 0.29) is 12.4 Å². The molecular weight excluding hydrogens is 324 g/mol. The van der Waals surface area contributed by atoms with Crippen LogP contribution in [0.15, 0.2) is 16.6 Å². The maximum absolute atomic E-state index is 13.0. The van der Waals surface area contributed by atoms with Crippen LogP contribution < -0.4 is 5.73 Å². The average Bonchev–Trinajstić information content (AvgIpc) is 1.85. The van der Waals surface area contributed by atoms with Crippen LogP contribution in [0, 0.1) is 9.39 Å². The van der Waals surface area contributed by atoms with Crippen molar-refractivity contribution in [1.82, 2.24) is 0 Å². The predicted octanol–water partition coefficient (Wildman–Crippen LogP) is 2.65. The molecule has 0 aliphatic carbocycles. The first-order chi connectivity index (χ1) is 5.15. The first kappa shape index (κ1) is 9.41. The van der Waals surface area contributed by atoms with E-state index in [4.69, 9.17) is 5.73 Å². The van der Waals surface area contributed by atoms with Gasteiger partial charge in [0.15, 0.2) is 0 Å². The first-order valence-corrected chi connectivity index (χ1v) is 4.86. The van der Waals surface area contributed by atoms with Crippen LogP contribution in [0.5, 0.6) is 0 Å². The second-order valence-corrected chi connectivity index (χ2v) is 4.13. The minimum atomic E-state index is -0.244. The Bertz CT molecular complexity index is 254. The standard InChI is InChI=1S/C7H6BrFIN/c8-4-1-6(9)5(3-11)7(10)2-4/h1-2H,3,11H2. The fourth-order valence-corrected chi connectivity index (χ4v) is 2.44. The molecule has 0 radical (unpaired) electrons. The highest BCUT2D eigenvalue weighted by Crippen LogP contribution is 2.21. The van der Waals surface area contributed by atoms with Gasteiger partial charge < -0.3 is 5.73 Å². The molecule has 1 aromatic carbocycles. The van der Waals surface area contributed by atoms with Crippen molar-refractivity contribution in [2.45, 2.75) is 6.54 Å². The Morgan fingerprint density at radius 3 is 2.64 bits per heavy atom. The second-order valence-electron chi connectivity index (χ2n) is 2.05. The number of hydrogen-bond donors (Lipinski definition) is 1. The third kappa shape index (κ3) is 2.13. The number of nitrogens with two attached hydrogens (primary N) is 1. The molecule has 1 rings (SSSR count). The molecule has 11 heavy (non-hydrogen) atoms. The van der Waals surface area contributed by atoms with Crippen molar-refractivity contribution in [3.8, 4) is 0 Å². The van der Waals surface area contributed by atoms with Crippen LogP contribution in [0.2, 0.25) is 0 Å². The van der Waals surface area contributed by atoms with Gasteiger partial charge in [-0.2, -0.15) is 0 Å². The topological polar surface area (TPSA) is 26.0 Å². The third-order valence-corrected chi connectivity index (χ3v) is 2.73. The lowest BCUT2D eigenvalue weighted by molar-refractivity contribution is 0.608. The largest absolute Gasteiger partial charge is 0.326 e. The van der Waals surface area contributed by atoms with E-state index in [0.29, 0.717) is 5.56 Å². The summed E-state index contributed by atoms with van der Waals surface area (Å²) in [6.07, 6.45) is 0. The maximum Gasteiger partial charge on any atom is 0.129 e. The minimum Gasteiger partial charge on any atom is -0.326 e. The molecule has 0 amide bonds. The van der Waals surface area contributed by atoms with Crippen molar-refractivity contribution < 1.29 is 4.39 Å². The molecule has 1 nitrogen and oxygen atoms in total. The molecule has 0 aliphatic heterocycles. The monoisotopic (exact) mass is 329 g/mol. The quantitative estimate of drug-likeness (QED) is 0.788. The Hall–Kier alpha value is 0.320. The van der Waals surface area contributed by atoms with Crippen LogP contribution in [0.4, 0.5) is 4.39 Å². The van der Waals surface area contributed by atoms with Crippen molar-refractivity contribution in [1.29, 1.82) is 0 Å². The molecule has 0 heterocycles. The molecule has 0 atom stereocenters. The lowest BCUT2D eigenvalue weighted by atomic mass is 10.2. The number of hydrogen-bond acceptors (Lipinski definition) is 1. The molecule has 0 saturated heterocycles. The number of benzene rings is 1. The van der Waals surface area contributed by atoms with Gasteiger partial charge in [0, 0.05) is 20.2 Å². The average molecular weight is 330 g/mol. The molecule has 0 bridgehead atoms. The maximum atomic E-state index is 13.0. The Morgan fingerprint density at radius 1 is 1.55 bits per heavy atom. The summed E-state index contributed by atoms with van der Waals surface area (Å²) in [4.78, 5) is 0. The van der Waals surface area contributed by atoms with Crippen molar-refractivity contribution >= 4 is 38.5 Å². The predicted molar refractivity (Wildman–Crippen MR) is 54.7 cm³/mol. The summed E-state index contributed by atoms with van der Waals surface area (Å²) in [5.41, 5.74) is 5.92. The van der Waals surface area contributed by atoms with E-state index in [9.17, 15) is 4.39 Å². The molecule has 0 fully saturated rings. The molecular formula is C7H6BrFIN. The molecule has 4 heteroatoms. The van der Waals surface area contributed by atoms with E-state index in [2.05, 4.69) is 38.5 Å². The fourth-order valence-electron chi connectivity index (χ4n) is 0.767. The summed E-state index contributed by atoms with van der Waals surface area (Å²) >= 11 is 5.25. The Kier molecular flexibility index (Phi) is 3.27. The number of halogens is 3. The van der Waals surface area contributed by atoms with Gasteiger partial charge in [-0.05, 0) is 34.7 Å². The zero-order chi connectivity index (χ0) is 8.43. The van der Waals surface area contributed by atoms with E-state index >= 15 is 0 Å². The Labute approximate surface area is 86.4 Å². The van der Waals surface area contributed by atoms with Gasteiger partial charge in [0.05, 0.1) is 0 Å². The summed E-state index contributed by atoms with van der Waals surface area (Å²) in [6, 6.07) is 3.26.